The van der Waals surface area contributed by atoms with Gasteiger partial charge in [0.1, 0.15) is 6.61 Å². The molecule has 0 aliphatic heterocycles. The average molecular weight is 260 g/mol. The highest BCUT2D eigenvalue weighted by Crippen LogP contribution is 2.11. The highest BCUT2D eigenvalue weighted by atomic mass is 17.1. The molecule has 1 N–H and O–H groups in total. The molecular formula is C15H32O3. The van der Waals surface area contributed by atoms with Gasteiger partial charge in [0.25, 0.3) is 0 Å². The maximum Gasteiger partial charge on any atom is 0.105 e. The number of hydrogen-bond donors (Lipinski definition) is 1. The molecular weight excluding hydrogens is 228 g/mol. The Morgan fingerprint density at radius 2 is 1.11 bits per heavy atom. The van der Waals surface area contributed by atoms with Crippen molar-refractivity contribution in [2.75, 3.05) is 19.8 Å². The summed E-state index contributed by atoms with van der Waals surface area (Å²) in [5, 5.41) is 8.08. The maximum absolute atomic E-state index is 8.08. The van der Waals surface area contributed by atoms with E-state index in [4.69, 9.17) is 9.99 Å². The fourth-order valence-electron chi connectivity index (χ4n) is 2.07. The van der Waals surface area contributed by atoms with Gasteiger partial charge in [-0.15, -0.1) is 0 Å². The lowest BCUT2D eigenvalue weighted by molar-refractivity contribution is -0.249. The molecule has 18 heavy (non-hydrogen) atoms. The van der Waals surface area contributed by atoms with Crippen molar-refractivity contribution in [2.24, 2.45) is 0 Å². The van der Waals surface area contributed by atoms with Gasteiger partial charge in [-0.05, 0) is 6.42 Å². The Morgan fingerprint density at radius 3 is 1.61 bits per heavy atom. The molecule has 0 saturated carbocycles. The summed E-state index contributed by atoms with van der Waals surface area (Å²) in [7, 11) is 0. The van der Waals surface area contributed by atoms with Crippen molar-refractivity contribution < 1.29 is 14.9 Å². The van der Waals surface area contributed by atoms with Crippen LogP contribution in [0.15, 0.2) is 0 Å². The summed E-state index contributed by atoms with van der Waals surface area (Å²) in [6, 6.07) is 0. The molecule has 0 amide bonds. The Kier molecular flexibility index (Phi) is 16.8. The van der Waals surface area contributed by atoms with Crippen molar-refractivity contribution in [1.29, 1.82) is 0 Å². The Bertz CT molecular complexity index is 124. The molecule has 0 saturated heterocycles. The van der Waals surface area contributed by atoms with E-state index in [-0.39, 0.29) is 6.61 Å². The molecule has 0 bridgehead atoms. The van der Waals surface area contributed by atoms with Crippen LogP contribution in [0.5, 0.6) is 0 Å². The first kappa shape index (κ1) is 17.9. The summed E-state index contributed by atoms with van der Waals surface area (Å²) in [5.74, 6) is 0. The van der Waals surface area contributed by atoms with Crippen LogP contribution in [0, 0.1) is 0 Å². The molecule has 110 valence electrons. The van der Waals surface area contributed by atoms with Crippen LogP contribution in [0.25, 0.3) is 0 Å². The van der Waals surface area contributed by atoms with Crippen LogP contribution >= 0.6 is 0 Å². The predicted octanol–water partition coefficient (Wildman–Crippen LogP) is 4.80. The average Bonchev–Trinajstić information content (AvgIpc) is 2.39. The Morgan fingerprint density at radius 1 is 0.611 bits per heavy atom. The van der Waals surface area contributed by atoms with Gasteiger partial charge in [0.05, 0.1) is 6.61 Å². The summed E-state index contributed by atoms with van der Waals surface area (Å²) in [4.78, 5) is 3.92. The van der Waals surface area contributed by atoms with Crippen LogP contribution < -0.4 is 0 Å². The van der Waals surface area contributed by atoms with E-state index in [2.05, 4.69) is 11.8 Å². The summed E-state index contributed by atoms with van der Waals surface area (Å²) in [6.07, 6.45) is 14.9. The first-order chi connectivity index (χ1) is 8.91. The third-order valence-electron chi connectivity index (χ3n) is 3.21. The first-order valence-electron chi connectivity index (χ1n) is 7.76. The topological polar surface area (TPSA) is 38.7 Å². The minimum Gasteiger partial charge on any atom is -0.379 e. The van der Waals surface area contributed by atoms with E-state index in [1.165, 1.54) is 64.2 Å². The van der Waals surface area contributed by atoms with Crippen molar-refractivity contribution in [3.63, 3.8) is 0 Å². The molecule has 0 fully saturated rings. The molecule has 0 rings (SSSR count). The zero-order chi connectivity index (χ0) is 13.3. The van der Waals surface area contributed by atoms with Gasteiger partial charge in [-0.1, -0.05) is 71.1 Å². The second-order valence-electron chi connectivity index (χ2n) is 4.98. The Hall–Kier alpha value is -0.120. The smallest absolute Gasteiger partial charge is 0.105 e. The van der Waals surface area contributed by atoms with Crippen LogP contribution in [-0.4, -0.2) is 25.1 Å². The van der Waals surface area contributed by atoms with Crippen molar-refractivity contribution in [3.05, 3.63) is 0 Å². The van der Waals surface area contributed by atoms with Gasteiger partial charge in [-0.25, -0.2) is 4.89 Å². The van der Waals surface area contributed by atoms with Crippen molar-refractivity contribution in [3.8, 4) is 0 Å². The van der Waals surface area contributed by atoms with Gasteiger partial charge in [0, 0.05) is 6.61 Å². The lowest BCUT2D eigenvalue weighted by Gasteiger charge is -2.03. The monoisotopic (exact) mass is 260 g/mol. The molecule has 0 spiro atoms. The summed E-state index contributed by atoms with van der Waals surface area (Å²) < 4.78 is 5.27. The maximum atomic E-state index is 8.08. The molecule has 0 atom stereocenters. The first-order valence-corrected chi connectivity index (χ1v) is 7.76. The van der Waals surface area contributed by atoms with Crippen LogP contribution in [0.1, 0.15) is 77.6 Å². The quantitative estimate of drug-likeness (QED) is 0.261. The van der Waals surface area contributed by atoms with Crippen molar-refractivity contribution in [2.45, 2.75) is 77.6 Å². The third-order valence-corrected chi connectivity index (χ3v) is 3.21. The number of hydrogen-bond acceptors (Lipinski definition) is 3. The van der Waals surface area contributed by atoms with E-state index < -0.39 is 0 Å². The zero-order valence-electron chi connectivity index (χ0n) is 12.2. The molecule has 0 aromatic heterocycles. The lowest BCUT2D eigenvalue weighted by atomic mass is 10.1. The van der Waals surface area contributed by atoms with E-state index in [1.807, 2.05) is 0 Å². The highest BCUT2D eigenvalue weighted by Gasteiger charge is 1.93. The molecule has 3 heteroatoms. The van der Waals surface area contributed by atoms with Crippen LogP contribution in [0.3, 0.4) is 0 Å². The van der Waals surface area contributed by atoms with E-state index >= 15 is 0 Å². The van der Waals surface area contributed by atoms with Gasteiger partial charge in [0.2, 0.25) is 0 Å². The molecule has 0 aliphatic carbocycles. The normalized spacial score (nSPS) is 11.0. The molecule has 3 nitrogen and oxygen atoms in total. The Balaban J connectivity index is 2.86. The van der Waals surface area contributed by atoms with Crippen LogP contribution in [-0.2, 0) is 9.62 Å². The molecule has 0 heterocycles. The summed E-state index contributed by atoms with van der Waals surface area (Å²) >= 11 is 0. The van der Waals surface area contributed by atoms with Crippen molar-refractivity contribution >= 4 is 0 Å². The zero-order valence-corrected chi connectivity index (χ0v) is 12.2. The van der Waals surface area contributed by atoms with Crippen LogP contribution in [0.4, 0.5) is 0 Å². The van der Waals surface area contributed by atoms with E-state index in [0.29, 0.717) is 6.61 Å². The number of ether oxygens (including phenoxy) is 1. The summed E-state index contributed by atoms with van der Waals surface area (Å²) in [5.41, 5.74) is 0. The number of unbranched alkanes of at least 4 members (excludes halogenated alkanes) is 10. The fourth-order valence-corrected chi connectivity index (χ4v) is 2.07. The SMILES string of the molecule is CCCCCCCCCCCCCOCCOO. The van der Waals surface area contributed by atoms with Crippen molar-refractivity contribution in [1.82, 2.24) is 0 Å². The van der Waals surface area contributed by atoms with E-state index in [1.54, 1.807) is 0 Å². The van der Waals surface area contributed by atoms with E-state index in [0.717, 1.165) is 13.0 Å². The largest absolute Gasteiger partial charge is 0.379 e. The number of rotatable bonds is 15. The predicted molar refractivity (Wildman–Crippen MR) is 75.9 cm³/mol. The molecule has 0 radical (unpaired) electrons. The highest BCUT2D eigenvalue weighted by molar-refractivity contribution is 4.47. The van der Waals surface area contributed by atoms with Gasteiger partial charge in [-0.3, -0.25) is 5.26 Å². The van der Waals surface area contributed by atoms with Gasteiger partial charge in [0.15, 0.2) is 0 Å². The van der Waals surface area contributed by atoms with Gasteiger partial charge < -0.3 is 4.74 Å². The second-order valence-corrected chi connectivity index (χ2v) is 4.98. The van der Waals surface area contributed by atoms with Gasteiger partial charge >= 0.3 is 0 Å². The molecule has 0 aromatic rings. The van der Waals surface area contributed by atoms with Gasteiger partial charge in [-0.2, -0.15) is 0 Å². The standard InChI is InChI=1S/C15H32O3/c1-2-3-4-5-6-7-8-9-10-11-12-13-17-14-15-18-16/h16H,2-15H2,1H3. The summed E-state index contributed by atoms with van der Waals surface area (Å²) in [6.45, 7) is 3.83. The second kappa shape index (κ2) is 16.9. The van der Waals surface area contributed by atoms with E-state index in [9.17, 15) is 0 Å². The third kappa shape index (κ3) is 15.9. The molecule has 0 unspecified atom stereocenters. The fraction of sp³-hybridized carbons (Fsp3) is 1.00. The molecule has 0 aromatic carbocycles. The minimum atomic E-state index is 0.276. The minimum absolute atomic E-state index is 0.276. The Labute approximate surface area is 113 Å². The lowest BCUT2D eigenvalue weighted by Crippen LogP contribution is -2.03. The van der Waals surface area contributed by atoms with Crippen LogP contribution in [0.2, 0.25) is 0 Å². The molecule has 0 aliphatic rings.